The van der Waals surface area contributed by atoms with E-state index in [0.29, 0.717) is 29.8 Å². The number of carboxylic acids is 1. The van der Waals surface area contributed by atoms with Crippen LogP contribution in [0.3, 0.4) is 0 Å². The number of carbonyl (C=O) groups is 2. The Hall–Kier alpha value is -1.96. The third-order valence-corrected chi connectivity index (χ3v) is 9.66. The Morgan fingerprint density at radius 2 is 1.82 bits per heavy atom. The molecular formula is C32H46N2O3S2. The van der Waals surface area contributed by atoms with Crippen LogP contribution in [0.4, 0.5) is 0 Å². The molecule has 0 saturated heterocycles. The first-order valence-corrected chi connectivity index (χ1v) is 16.9. The molecule has 0 bridgehead atoms. The predicted molar refractivity (Wildman–Crippen MR) is 168 cm³/mol. The van der Waals surface area contributed by atoms with E-state index in [-0.39, 0.29) is 5.91 Å². The van der Waals surface area contributed by atoms with Gasteiger partial charge in [0.1, 0.15) is 6.04 Å². The van der Waals surface area contributed by atoms with E-state index in [2.05, 4.69) is 49.3 Å². The van der Waals surface area contributed by atoms with E-state index in [1.807, 2.05) is 42.3 Å². The Bertz CT molecular complexity index is 1070. The fourth-order valence-electron chi connectivity index (χ4n) is 5.55. The first-order valence-electron chi connectivity index (χ1n) is 14.4. The van der Waals surface area contributed by atoms with E-state index in [1.165, 1.54) is 37.7 Å². The summed E-state index contributed by atoms with van der Waals surface area (Å²) in [7, 11) is 2.32. The molecule has 2 atom stereocenters. The van der Waals surface area contributed by atoms with E-state index in [4.69, 9.17) is 0 Å². The third kappa shape index (κ3) is 9.29. The minimum absolute atomic E-state index is 0.331. The standard InChI is InChI=1S/C32H46N2O3S2/c1-5-39-22-26(34(3)25-12-7-6-8-13-25)17-15-24-16-18-28(29(21-24)27-14-10-9-11-23(27)2)31(35)33-30(32(36)37)19-20-38-4/h9-11,14,16,18,21,25-26,30H,5-8,12-13,15,17,19-20,22H2,1-4H3,(H,33,35)(H,36,37). The number of carbonyl (C=O) groups excluding carboxylic acids is 1. The van der Waals surface area contributed by atoms with Crippen molar-refractivity contribution in [1.29, 1.82) is 0 Å². The third-order valence-electron chi connectivity index (χ3n) is 7.99. The first kappa shape index (κ1) is 31.6. The van der Waals surface area contributed by atoms with Gasteiger partial charge in [-0.3, -0.25) is 9.69 Å². The number of nitrogens with one attached hydrogen (secondary N) is 1. The summed E-state index contributed by atoms with van der Waals surface area (Å²) in [5.41, 5.74) is 4.72. The molecule has 0 aliphatic heterocycles. The van der Waals surface area contributed by atoms with Gasteiger partial charge >= 0.3 is 5.97 Å². The van der Waals surface area contributed by atoms with Crippen LogP contribution in [0.15, 0.2) is 42.5 Å². The van der Waals surface area contributed by atoms with Gasteiger partial charge in [-0.25, -0.2) is 4.79 Å². The lowest BCUT2D eigenvalue weighted by atomic mass is 9.91. The van der Waals surface area contributed by atoms with Gasteiger partial charge in [-0.05, 0) is 92.2 Å². The molecule has 1 aliphatic rings. The molecule has 39 heavy (non-hydrogen) atoms. The van der Waals surface area contributed by atoms with Crippen molar-refractivity contribution in [2.75, 3.05) is 30.6 Å². The summed E-state index contributed by atoms with van der Waals surface area (Å²) in [6, 6.07) is 14.5. The molecule has 3 rings (SSSR count). The predicted octanol–water partition coefficient (Wildman–Crippen LogP) is 6.92. The van der Waals surface area contributed by atoms with Crippen molar-refractivity contribution in [2.24, 2.45) is 0 Å². The van der Waals surface area contributed by atoms with Crippen molar-refractivity contribution in [2.45, 2.75) is 83.3 Å². The van der Waals surface area contributed by atoms with Crippen LogP contribution < -0.4 is 5.32 Å². The number of thioether (sulfide) groups is 2. The average Bonchev–Trinajstić information content (AvgIpc) is 2.95. The van der Waals surface area contributed by atoms with Gasteiger partial charge in [-0.15, -0.1) is 0 Å². The molecule has 2 aromatic carbocycles. The Labute approximate surface area is 243 Å². The van der Waals surface area contributed by atoms with Crippen LogP contribution in [0, 0.1) is 6.92 Å². The lowest BCUT2D eigenvalue weighted by Gasteiger charge is -2.37. The van der Waals surface area contributed by atoms with Crippen LogP contribution in [0.5, 0.6) is 0 Å². The highest BCUT2D eigenvalue weighted by molar-refractivity contribution is 7.99. The van der Waals surface area contributed by atoms with E-state index >= 15 is 0 Å². The highest BCUT2D eigenvalue weighted by Crippen LogP contribution is 2.30. The number of benzene rings is 2. The van der Waals surface area contributed by atoms with Gasteiger partial charge in [-0.2, -0.15) is 23.5 Å². The van der Waals surface area contributed by atoms with Crippen molar-refractivity contribution >= 4 is 35.4 Å². The van der Waals surface area contributed by atoms with Gasteiger partial charge in [0.25, 0.3) is 5.91 Å². The quantitative estimate of drug-likeness (QED) is 0.242. The fraction of sp³-hybridized carbons (Fsp3) is 0.562. The summed E-state index contributed by atoms with van der Waals surface area (Å²) in [4.78, 5) is 27.8. The molecule has 1 amide bonds. The lowest BCUT2D eigenvalue weighted by Crippen LogP contribution is -2.43. The number of rotatable bonds is 15. The average molecular weight is 571 g/mol. The molecule has 5 nitrogen and oxygen atoms in total. The maximum atomic E-state index is 13.4. The number of amides is 1. The van der Waals surface area contributed by atoms with Crippen LogP contribution in [0.25, 0.3) is 11.1 Å². The first-order chi connectivity index (χ1) is 18.8. The Morgan fingerprint density at radius 1 is 1.08 bits per heavy atom. The van der Waals surface area contributed by atoms with Crippen molar-refractivity contribution in [3.8, 4) is 11.1 Å². The van der Waals surface area contributed by atoms with Gasteiger partial charge in [0.05, 0.1) is 0 Å². The van der Waals surface area contributed by atoms with Crippen LogP contribution in [-0.2, 0) is 11.2 Å². The molecular weight excluding hydrogens is 524 g/mol. The fourth-order valence-corrected chi connectivity index (χ4v) is 6.93. The van der Waals surface area contributed by atoms with E-state index < -0.39 is 12.0 Å². The summed E-state index contributed by atoms with van der Waals surface area (Å²) in [5, 5.41) is 12.4. The molecule has 214 valence electrons. The highest BCUT2D eigenvalue weighted by Gasteiger charge is 2.25. The molecule has 0 heterocycles. The second kappa shape index (κ2) is 16.3. The van der Waals surface area contributed by atoms with Crippen LogP contribution >= 0.6 is 23.5 Å². The molecule has 1 aliphatic carbocycles. The monoisotopic (exact) mass is 570 g/mol. The molecule has 0 spiro atoms. The molecule has 1 saturated carbocycles. The minimum Gasteiger partial charge on any atom is -0.480 e. The molecule has 0 radical (unpaired) electrons. The van der Waals surface area contributed by atoms with Crippen LogP contribution in [0.2, 0.25) is 0 Å². The Balaban J connectivity index is 1.85. The minimum atomic E-state index is -0.996. The van der Waals surface area contributed by atoms with Gasteiger partial charge in [0.15, 0.2) is 0 Å². The zero-order valence-electron chi connectivity index (χ0n) is 24.1. The highest BCUT2D eigenvalue weighted by atomic mass is 32.2. The van der Waals surface area contributed by atoms with E-state index in [0.717, 1.165) is 41.0 Å². The number of aliphatic carboxylic acids is 1. The van der Waals surface area contributed by atoms with Gasteiger partial charge in [-0.1, -0.05) is 62.6 Å². The second-order valence-electron chi connectivity index (χ2n) is 10.6. The Kier molecular flexibility index (Phi) is 13.2. The number of nitrogens with zero attached hydrogens (tertiary/aromatic N) is 1. The van der Waals surface area contributed by atoms with E-state index in [9.17, 15) is 14.7 Å². The topological polar surface area (TPSA) is 69.6 Å². The lowest BCUT2D eigenvalue weighted by molar-refractivity contribution is -0.139. The van der Waals surface area contributed by atoms with Gasteiger partial charge in [0, 0.05) is 23.4 Å². The maximum Gasteiger partial charge on any atom is 0.326 e. The van der Waals surface area contributed by atoms with Gasteiger partial charge in [0.2, 0.25) is 0 Å². The SMILES string of the molecule is CCSCC(CCc1ccc(C(=O)NC(CCSC)C(=O)O)c(-c2ccccc2C)c1)N(C)C1CCCCC1. The molecule has 2 N–H and O–H groups in total. The molecule has 7 heteroatoms. The summed E-state index contributed by atoms with van der Waals surface area (Å²) < 4.78 is 0. The number of hydrogen-bond acceptors (Lipinski definition) is 5. The summed E-state index contributed by atoms with van der Waals surface area (Å²) in [6.45, 7) is 4.29. The summed E-state index contributed by atoms with van der Waals surface area (Å²) in [6.07, 6.45) is 11.0. The largest absolute Gasteiger partial charge is 0.480 e. The normalized spacial score (nSPS) is 15.7. The zero-order valence-corrected chi connectivity index (χ0v) is 25.7. The molecule has 2 aromatic rings. The summed E-state index contributed by atoms with van der Waals surface area (Å²) in [5.74, 6) is 1.62. The summed E-state index contributed by atoms with van der Waals surface area (Å²) >= 11 is 3.60. The van der Waals surface area contributed by atoms with Crippen LogP contribution in [0.1, 0.15) is 73.4 Å². The maximum absolute atomic E-state index is 13.4. The zero-order chi connectivity index (χ0) is 28.2. The van der Waals surface area contributed by atoms with Crippen molar-refractivity contribution in [3.05, 3.63) is 59.2 Å². The second-order valence-corrected chi connectivity index (χ2v) is 13.0. The van der Waals surface area contributed by atoms with Crippen molar-refractivity contribution in [1.82, 2.24) is 10.2 Å². The Morgan fingerprint density at radius 3 is 2.49 bits per heavy atom. The molecule has 2 unspecified atom stereocenters. The number of aryl methyl sites for hydroxylation is 2. The number of carboxylic acid groups (broad SMARTS) is 1. The smallest absolute Gasteiger partial charge is 0.326 e. The van der Waals surface area contributed by atoms with Crippen molar-refractivity contribution < 1.29 is 14.7 Å². The molecule has 0 aromatic heterocycles. The van der Waals surface area contributed by atoms with Crippen LogP contribution in [-0.4, -0.2) is 70.6 Å². The van der Waals surface area contributed by atoms with Crippen molar-refractivity contribution in [3.63, 3.8) is 0 Å². The number of hydrogen-bond donors (Lipinski definition) is 2. The molecule has 1 fully saturated rings. The van der Waals surface area contributed by atoms with Gasteiger partial charge < -0.3 is 10.4 Å². The van der Waals surface area contributed by atoms with E-state index in [1.54, 1.807) is 11.8 Å².